The molecule has 114 valence electrons. The second-order valence-corrected chi connectivity index (χ2v) is 6.94. The van der Waals surface area contributed by atoms with Gasteiger partial charge in [0.2, 0.25) is 0 Å². The molecule has 0 radical (unpaired) electrons. The lowest BCUT2D eigenvalue weighted by Crippen LogP contribution is -2.35. The highest BCUT2D eigenvalue weighted by atomic mass is 32.1. The van der Waals surface area contributed by atoms with Gasteiger partial charge >= 0.3 is 0 Å². The molecule has 2 heterocycles. The van der Waals surface area contributed by atoms with Gasteiger partial charge in [0.15, 0.2) is 5.75 Å². The maximum absolute atomic E-state index is 5.82. The van der Waals surface area contributed by atoms with Crippen molar-refractivity contribution in [3.8, 4) is 10.9 Å². The van der Waals surface area contributed by atoms with Crippen LogP contribution in [0, 0.1) is 6.92 Å². The zero-order valence-electron chi connectivity index (χ0n) is 13.2. The Kier molecular flexibility index (Phi) is 4.90. The minimum atomic E-state index is 0.0585. The number of aryl methyl sites for hydroxylation is 2. The van der Waals surface area contributed by atoms with Crippen LogP contribution in [0.5, 0.6) is 10.9 Å². The van der Waals surface area contributed by atoms with Crippen molar-refractivity contribution in [2.75, 3.05) is 0 Å². The highest BCUT2D eigenvalue weighted by Gasteiger charge is 2.13. The fraction of sp³-hybridized carbons (Fsp3) is 0.533. The average Bonchev–Trinajstić information content (AvgIpc) is 2.85. The Morgan fingerprint density at radius 1 is 1.24 bits per heavy atom. The fourth-order valence-electron chi connectivity index (χ4n) is 1.73. The summed E-state index contributed by atoms with van der Waals surface area (Å²) >= 11 is 1.46. The minimum Gasteiger partial charge on any atom is -0.428 e. The standard InChI is InChI=1S/C15H22N4OS/c1-6-11-12(8-7-10(2)17-11)20-14-19-18-13(21-14)9-16-15(3,4)5/h7-8,16H,6,9H2,1-5H3. The molecule has 0 fully saturated rings. The van der Waals surface area contributed by atoms with Crippen LogP contribution in [0.3, 0.4) is 0 Å². The summed E-state index contributed by atoms with van der Waals surface area (Å²) in [5.41, 5.74) is 1.99. The second-order valence-electron chi connectivity index (χ2n) is 5.92. The van der Waals surface area contributed by atoms with Gasteiger partial charge < -0.3 is 10.1 Å². The van der Waals surface area contributed by atoms with Crippen molar-refractivity contribution in [2.45, 2.75) is 53.1 Å². The van der Waals surface area contributed by atoms with E-state index in [0.717, 1.165) is 28.6 Å². The summed E-state index contributed by atoms with van der Waals surface area (Å²) in [5, 5.41) is 13.1. The van der Waals surface area contributed by atoms with E-state index in [-0.39, 0.29) is 5.54 Å². The number of hydrogen-bond donors (Lipinski definition) is 1. The number of rotatable bonds is 5. The summed E-state index contributed by atoms with van der Waals surface area (Å²) in [6, 6.07) is 3.88. The summed E-state index contributed by atoms with van der Waals surface area (Å²) in [6.45, 7) is 11.1. The summed E-state index contributed by atoms with van der Waals surface area (Å²) < 4.78 is 5.82. The molecule has 0 aromatic carbocycles. The van der Waals surface area contributed by atoms with Gasteiger partial charge in [-0.25, -0.2) is 0 Å². The third-order valence-corrected chi connectivity index (χ3v) is 3.62. The molecule has 2 aromatic rings. The van der Waals surface area contributed by atoms with Crippen LogP contribution in [0.25, 0.3) is 0 Å². The lowest BCUT2D eigenvalue weighted by molar-refractivity contribution is 0.422. The van der Waals surface area contributed by atoms with E-state index in [0.29, 0.717) is 11.7 Å². The lowest BCUT2D eigenvalue weighted by Gasteiger charge is -2.19. The molecule has 0 aliphatic heterocycles. The van der Waals surface area contributed by atoms with Gasteiger partial charge in [0.1, 0.15) is 5.01 Å². The molecule has 5 nitrogen and oxygen atoms in total. The minimum absolute atomic E-state index is 0.0585. The molecular formula is C15H22N4OS. The fourth-order valence-corrected chi connectivity index (χ4v) is 2.37. The first kappa shape index (κ1) is 15.9. The zero-order valence-corrected chi connectivity index (χ0v) is 14.0. The Morgan fingerprint density at radius 2 is 2.00 bits per heavy atom. The third kappa shape index (κ3) is 4.75. The number of ether oxygens (including phenoxy) is 1. The quantitative estimate of drug-likeness (QED) is 0.916. The molecule has 0 aliphatic carbocycles. The third-order valence-electron chi connectivity index (χ3n) is 2.82. The largest absolute Gasteiger partial charge is 0.428 e. The van der Waals surface area contributed by atoms with Crippen LogP contribution >= 0.6 is 11.3 Å². The van der Waals surface area contributed by atoms with Crippen molar-refractivity contribution in [1.29, 1.82) is 0 Å². The molecular weight excluding hydrogens is 284 g/mol. The van der Waals surface area contributed by atoms with Crippen LogP contribution in [0.15, 0.2) is 12.1 Å². The van der Waals surface area contributed by atoms with Gasteiger partial charge in [0, 0.05) is 11.2 Å². The SMILES string of the molecule is CCc1nc(C)ccc1Oc1nnc(CNC(C)(C)C)s1. The highest BCUT2D eigenvalue weighted by Crippen LogP contribution is 2.27. The van der Waals surface area contributed by atoms with Gasteiger partial charge in [-0.15, -0.1) is 5.10 Å². The molecule has 1 N–H and O–H groups in total. The van der Waals surface area contributed by atoms with Gasteiger partial charge in [-0.2, -0.15) is 0 Å². The smallest absolute Gasteiger partial charge is 0.299 e. The topological polar surface area (TPSA) is 59.9 Å². The van der Waals surface area contributed by atoms with E-state index >= 15 is 0 Å². The number of nitrogens with one attached hydrogen (secondary N) is 1. The van der Waals surface area contributed by atoms with Crippen molar-refractivity contribution in [3.63, 3.8) is 0 Å². The Balaban J connectivity index is 2.06. The van der Waals surface area contributed by atoms with Gasteiger partial charge in [-0.3, -0.25) is 4.98 Å². The van der Waals surface area contributed by atoms with Crippen molar-refractivity contribution < 1.29 is 4.74 Å². The van der Waals surface area contributed by atoms with Crippen LogP contribution in [0.2, 0.25) is 0 Å². The molecule has 0 unspecified atom stereocenters. The molecule has 2 rings (SSSR count). The maximum Gasteiger partial charge on any atom is 0.299 e. The Morgan fingerprint density at radius 3 is 2.67 bits per heavy atom. The van der Waals surface area contributed by atoms with E-state index in [9.17, 15) is 0 Å². The monoisotopic (exact) mass is 306 g/mol. The molecule has 21 heavy (non-hydrogen) atoms. The van der Waals surface area contributed by atoms with Gasteiger partial charge in [0.05, 0.1) is 12.2 Å². The number of nitrogens with zero attached hydrogens (tertiary/aromatic N) is 3. The summed E-state index contributed by atoms with van der Waals surface area (Å²) in [4.78, 5) is 4.48. The van der Waals surface area contributed by atoms with E-state index in [1.807, 2.05) is 19.1 Å². The molecule has 0 spiro atoms. The van der Waals surface area contributed by atoms with Gasteiger partial charge in [0.25, 0.3) is 5.19 Å². The van der Waals surface area contributed by atoms with Crippen molar-refractivity contribution in [3.05, 3.63) is 28.5 Å². The van der Waals surface area contributed by atoms with Gasteiger partial charge in [-0.1, -0.05) is 23.4 Å². The van der Waals surface area contributed by atoms with Crippen molar-refractivity contribution in [2.24, 2.45) is 0 Å². The molecule has 0 saturated heterocycles. The Bertz CT molecular complexity index is 604. The number of aromatic nitrogens is 3. The van der Waals surface area contributed by atoms with E-state index in [2.05, 4.69) is 48.2 Å². The molecule has 0 aliphatic rings. The first-order valence-corrected chi connectivity index (χ1v) is 7.91. The number of hydrogen-bond acceptors (Lipinski definition) is 6. The maximum atomic E-state index is 5.82. The number of pyridine rings is 1. The normalized spacial score (nSPS) is 11.7. The molecule has 0 saturated carbocycles. The predicted octanol–water partition coefficient (Wildman–Crippen LogP) is 3.48. The Labute approximate surface area is 129 Å². The molecule has 6 heteroatoms. The van der Waals surface area contributed by atoms with Gasteiger partial charge in [-0.05, 0) is 46.2 Å². The Hall–Kier alpha value is -1.53. The highest BCUT2D eigenvalue weighted by molar-refractivity contribution is 7.13. The van der Waals surface area contributed by atoms with Crippen LogP contribution < -0.4 is 10.1 Å². The first-order chi connectivity index (χ1) is 9.87. The van der Waals surface area contributed by atoms with Crippen LogP contribution in [-0.2, 0) is 13.0 Å². The molecule has 0 amide bonds. The van der Waals surface area contributed by atoms with Crippen molar-refractivity contribution in [1.82, 2.24) is 20.5 Å². The molecule has 0 bridgehead atoms. The van der Waals surface area contributed by atoms with E-state index < -0.39 is 0 Å². The average molecular weight is 306 g/mol. The lowest BCUT2D eigenvalue weighted by atomic mass is 10.1. The summed E-state index contributed by atoms with van der Waals surface area (Å²) in [5.74, 6) is 0.759. The predicted molar refractivity (Wildman–Crippen MR) is 84.9 cm³/mol. The van der Waals surface area contributed by atoms with Crippen molar-refractivity contribution >= 4 is 11.3 Å². The van der Waals surface area contributed by atoms with E-state index in [4.69, 9.17) is 4.74 Å². The summed E-state index contributed by atoms with van der Waals surface area (Å²) in [6.07, 6.45) is 0.828. The first-order valence-electron chi connectivity index (χ1n) is 7.09. The second kappa shape index (κ2) is 6.49. The molecule has 0 atom stereocenters. The van der Waals surface area contributed by atoms with E-state index in [1.165, 1.54) is 11.3 Å². The van der Waals surface area contributed by atoms with Crippen LogP contribution in [0.4, 0.5) is 0 Å². The van der Waals surface area contributed by atoms with E-state index in [1.54, 1.807) is 0 Å². The van der Waals surface area contributed by atoms with Crippen LogP contribution in [-0.4, -0.2) is 20.7 Å². The molecule has 2 aromatic heterocycles. The van der Waals surface area contributed by atoms with Crippen LogP contribution in [0.1, 0.15) is 44.1 Å². The summed E-state index contributed by atoms with van der Waals surface area (Å²) in [7, 11) is 0. The zero-order chi connectivity index (χ0) is 15.5.